The lowest BCUT2D eigenvalue weighted by Gasteiger charge is -2.15. The number of hydrogen-bond acceptors (Lipinski definition) is 7. The monoisotopic (exact) mass is 281 g/mol. The second kappa shape index (κ2) is 7.84. The van der Waals surface area contributed by atoms with Crippen molar-refractivity contribution in [1.82, 2.24) is 15.0 Å². The molecule has 0 aliphatic carbocycles. The standard InChI is InChI=1S/C13H23N5O2/c1-2-3-8-19-9-10-20-13-16-11(14)15-12(17-13)18-6-4-5-7-18/h2-10H2,1H3,(H2,14,15,16,17). The number of aromatic nitrogens is 3. The molecular formula is C13H23N5O2. The first-order valence-corrected chi connectivity index (χ1v) is 7.26. The van der Waals surface area contributed by atoms with Gasteiger partial charge in [0.15, 0.2) is 0 Å². The molecule has 1 saturated heterocycles. The minimum atomic E-state index is 0.198. The first-order valence-electron chi connectivity index (χ1n) is 7.26. The third-order valence-corrected chi connectivity index (χ3v) is 3.11. The first-order chi connectivity index (χ1) is 9.79. The highest BCUT2D eigenvalue weighted by atomic mass is 16.5. The fourth-order valence-electron chi connectivity index (χ4n) is 2.02. The van der Waals surface area contributed by atoms with Crippen molar-refractivity contribution in [3.8, 4) is 6.01 Å². The van der Waals surface area contributed by atoms with Crippen LogP contribution in [0.15, 0.2) is 0 Å². The number of hydrogen-bond donors (Lipinski definition) is 1. The smallest absolute Gasteiger partial charge is 0.323 e. The lowest BCUT2D eigenvalue weighted by molar-refractivity contribution is 0.0948. The van der Waals surface area contributed by atoms with E-state index in [0.29, 0.717) is 19.2 Å². The van der Waals surface area contributed by atoms with Gasteiger partial charge in [0, 0.05) is 19.7 Å². The highest BCUT2D eigenvalue weighted by Gasteiger charge is 2.17. The van der Waals surface area contributed by atoms with Gasteiger partial charge in [-0.15, -0.1) is 0 Å². The summed E-state index contributed by atoms with van der Waals surface area (Å²) in [5.74, 6) is 0.806. The van der Waals surface area contributed by atoms with E-state index in [1.54, 1.807) is 0 Å². The molecule has 2 rings (SSSR count). The van der Waals surface area contributed by atoms with Crippen LogP contribution in [0.5, 0.6) is 6.01 Å². The van der Waals surface area contributed by atoms with Crippen LogP contribution in [0.25, 0.3) is 0 Å². The summed E-state index contributed by atoms with van der Waals surface area (Å²) in [6.07, 6.45) is 4.52. The van der Waals surface area contributed by atoms with Gasteiger partial charge in [-0.2, -0.15) is 15.0 Å². The van der Waals surface area contributed by atoms with Crippen molar-refractivity contribution >= 4 is 11.9 Å². The van der Waals surface area contributed by atoms with Gasteiger partial charge in [0.1, 0.15) is 6.61 Å². The largest absolute Gasteiger partial charge is 0.461 e. The Kier molecular flexibility index (Phi) is 5.79. The van der Waals surface area contributed by atoms with E-state index in [2.05, 4.69) is 26.8 Å². The Morgan fingerprint density at radius 3 is 2.65 bits per heavy atom. The Morgan fingerprint density at radius 1 is 1.10 bits per heavy atom. The van der Waals surface area contributed by atoms with Gasteiger partial charge in [0.2, 0.25) is 11.9 Å². The van der Waals surface area contributed by atoms with Gasteiger partial charge >= 0.3 is 6.01 Å². The highest BCUT2D eigenvalue weighted by Crippen LogP contribution is 2.18. The maximum atomic E-state index is 5.70. The Bertz CT molecular complexity index is 410. The van der Waals surface area contributed by atoms with Crippen LogP contribution in [-0.4, -0.2) is 47.9 Å². The van der Waals surface area contributed by atoms with Crippen LogP contribution >= 0.6 is 0 Å². The predicted octanol–water partition coefficient (Wildman–Crippen LogP) is 1.25. The van der Waals surface area contributed by atoms with Crippen LogP contribution in [-0.2, 0) is 4.74 Å². The van der Waals surface area contributed by atoms with Gasteiger partial charge < -0.3 is 20.1 Å². The van der Waals surface area contributed by atoms with E-state index in [4.69, 9.17) is 15.2 Å². The number of rotatable bonds is 8. The fraction of sp³-hybridized carbons (Fsp3) is 0.769. The molecule has 112 valence electrons. The Labute approximate surface area is 119 Å². The van der Waals surface area contributed by atoms with E-state index in [-0.39, 0.29) is 12.0 Å². The molecule has 0 atom stereocenters. The normalized spacial score (nSPS) is 14.8. The zero-order valence-electron chi connectivity index (χ0n) is 12.0. The predicted molar refractivity (Wildman–Crippen MR) is 76.9 cm³/mol. The summed E-state index contributed by atoms with van der Waals surface area (Å²) >= 11 is 0. The van der Waals surface area contributed by atoms with Crippen LogP contribution in [0.2, 0.25) is 0 Å². The van der Waals surface area contributed by atoms with Gasteiger partial charge in [-0.25, -0.2) is 0 Å². The zero-order chi connectivity index (χ0) is 14.2. The van der Waals surface area contributed by atoms with Crippen molar-refractivity contribution in [1.29, 1.82) is 0 Å². The summed E-state index contributed by atoms with van der Waals surface area (Å²) in [5.41, 5.74) is 5.70. The van der Waals surface area contributed by atoms with Crippen LogP contribution in [0.4, 0.5) is 11.9 Å². The van der Waals surface area contributed by atoms with Gasteiger partial charge in [-0.05, 0) is 19.3 Å². The Balaban J connectivity index is 1.81. The molecule has 0 spiro atoms. The fourth-order valence-corrected chi connectivity index (χ4v) is 2.02. The molecule has 1 aromatic rings. The maximum Gasteiger partial charge on any atom is 0.323 e. The average molecular weight is 281 g/mol. The van der Waals surface area contributed by atoms with Crippen molar-refractivity contribution < 1.29 is 9.47 Å². The van der Waals surface area contributed by atoms with E-state index in [1.165, 1.54) is 0 Å². The molecule has 0 amide bonds. The maximum absolute atomic E-state index is 5.70. The third kappa shape index (κ3) is 4.48. The molecule has 0 bridgehead atoms. The molecule has 20 heavy (non-hydrogen) atoms. The number of nitrogens with two attached hydrogens (primary N) is 1. The van der Waals surface area contributed by atoms with E-state index in [9.17, 15) is 0 Å². The van der Waals surface area contributed by atoms with Crippen molar-refractivity contribution in [2.24, 2.45) is 0 Å². The topological polar surface area (TPSA) is 86.4 Å². The zero-order valence-corrected chi connectivity index (χ0v) is 12.0. The van der Waals surface area contributed by atoms with Gasteiger partial charge in [0.05, 0.1) is 6.61 Å². The van der Waals surface area contributed by atoms with Gasteiger partial charge in [0.25, 0.3) is 0 Å². The summed E-state index contributed by atoms with van der Waals surface area (Å²) in [5, 5.41) is 0. The molecule has 0 unspecified atom stereocenters. The average Bonchev–Trinajstić information content (AvgIpc) is 2.96. The van der Waals surface area contributed by atoms with Crippen LogP contribution in [0, 0.1) is 0 Å². The van der Waals surface area contributed by atoms with Crippen molar-refractivity contribution in [3.63, 3.8) is 0 Å². The number of ether oxygens (including phenoxy) is 2. The minimum absolute atomic E-state index is 0.198. The Hall–Kier alpha value is -1.63. The molecule has 2 N–H and O–H groups in total. The third-order valence-electron chi connectivity index (χ3n) is 3.11. The molecule has 1 aliphatic rings. The molecule has 7 nitrogen and oxygen atoms in total. The second-order valence-corrected chi connectivity index (χ2v) is 4.78. The molecule has 1 aromatic heterocycles. The summed E-state index contributed by atoms with van der Waals surface area (Å²) < 4.78 is 10.9. The minimum Gasteiger partial charge on any atom is -0.461 e. The quantitative estimate of drug-likeness (QED) is 0.717. The molecule has 2 heterocycles. The van der Waals surface area contributed by atoms with Crippen molar-refractivity contribution in [3.05, 3.63) is 0 Å². The summed E-state index contributed by atoms with van der Waals surface area (Å²) in [7, 11) is 0. The van der Waals surface area contributed by atoms with Crippen molar-refractivity contribution in [2.75, 3.05) is 43.5 Å². The summed E-state index contributed by atoms with van der Waals surface area (Å²) in [6, 6.07) is 0.276. The Morgan fingerprint density at radius 2 is 1.90 bits per heavy atom. The lowest BCUT2D eigenvalue weighted by Crippen LogP contribution is -2.22. The van der Waals surface area contributed by atoms with Crippen LogP contribution in [0.1, 0.15) is 32.6 Å². The van der Waals surface area contributed by atoms with Crippen LogP contribution < -0.4 is 15.4 Å². The van der Waals surface area contributed by atoms with Crippen molar-refractivity contribution in [2.45, 2.75) is 32.6 Å². The number of nitrogens with zero attached hydrogens (tertiary/aromatic N) is 4. The molecule has 1 aliphatic heterocycles. The first kappa shape index (κ1) is 14.8. The van der Waals surface area contributed by atoms with Gasteiger partial charge in [-0.1, -0.05) is 13.3 Å². The summed E-state index contributed by atoms with van der Waals surface area (Å²) in [6.45, 7) is 5.77. The van der Waals surface area contributed by atoms with Crippen LogP contribution in [0.3, 0.4) is 0 Å². The second-order valence-electron chi connectivity index (χ2n) is 4.78. The van der Waals surface area contributed by atoms with E-state index >= 15 is 0 Å². The molecule has 0 aromatic carbocycles. The molecule has 1 fully saturated rings. The molecular weight excluding hydrogens is 258 g/mol. The van der Waals surface area contributed by atoms with E-state index in [1.807, 2.05) is 0 Å². The number of anilines is 2. The summed E-state index contributed by atoms with van der Waals surface area (Å²) in [4.78, 5) is 14.5. The van der Waals surface area contributed by atoms with E-state index in [0.717, 1.165) is 45.4 Å². The lowest BCUT2D eigenvalue weighted by atomic mass is 10.4. The highest BCUT2D eigenvalue weighted by molar-refractivity contribution is 5.36. The SMILES string of the molecule is CCCCOCCOc1nc(N)nc(N2CCCC2)n1. The number of nitrogen functional groups attached to an aromatic ring is 1. The van der Waals surface area contributed by atoms with Gasteiger partial charge in [-0.3, -0.25) is 0 Å². The van der Waals surface area contributed by atoms with E-state index < -0.39 is 0 Å². The molecule has 7 heteroatoms. The molecule has 0 radical (unpaired) electrons. The molecule has 0 saturated carbocycles. The number of unbranched alkanes of at least 4 members (excludes halogenated alkanes) is 1.